The minimum atomic E-state index is -0.675. The Bertz CT molecular complexity index is 978. The SMILES string of the molecule is COc1ccc(/C(O)=C2/C(=O)C(=O)N(CCCOC(C)C)C2c2ccccc2C)cc1. The molecule has 1 N–H and O–H groups in total. The number of nitrogens with zero attached hydrogens (tertiary/aromatic N) is 1. The first kappa shape index (κ1) is 22.6. The molecule has 0 bridgehead atoms. The highest BCUT2D eigenvalue weighted by Gasteiger charge is 2.46. The van der Waals surface area contributed by atoms with Crippen molar-refractivity contribution in [3.63, 3.8) is 0 Å². The Kier molecular flexibility index (Phi) is 7.13. The molecule has 0 aromatic heterocycles. The molecule has 6 nitrogen and oxygen atoms in total. The van der Waals surface area contributed by atoms with Gasteiger partial charge in [-0.1, -0.05) is 24.3 Å². The van der Waals surface area contributed by atoms with Crippen LogP contribution in [0.1, 0.15) is 43.0 Å². The number of benzene rings is 2. The molecule has 1 heterocycles. The molecule has 1 fully saturated rings. The van der Waals surface area contributed by atoms with Crippen LogP contribution in [0.15, 0.2) is 54.1 Å². The van der Waals surface area contributed by atoms with E-state index in [-0.39, 0.29) is 17.4 Å². The molecule has 2 aromatic rings. The van der Waals surface area contributed by atoms with Gasteiger partial charge in [-0.15, -0.1) is 0 Å². The number of carbonyl (C=O) groups excluding carboxylic acids is 2. The fourth-order valence-corrected chi connectivity index (χ4v) is 3.79. The number of ether oxygens (including phenoxy) is 2. The second kappa shape index (κ2) is 9.79. The molecule has 1 aliphatic heterocycles. The van der Waals surface area contributed by atoms with Gasteiger partial charge in [0.25, 0.3) is 11.7 Å². The third-order valence-electron chi connectivity index (χ3n) is 5.38. The molecule has 0 radical (unpaired) electrons. The second-order valence-corrected chi connectivity index (χ2v) is 7.85. The Labute approximate surface area is 183 Å². The first-order valence-electron chi connectivity index (χ1n) is 10.4. The number of hydrogen-bond donors (Lipinski definition) is 1. The minimum absolute atomic E-state index is 0.0950. The van der Waals surface area contributed by atoms with Crippen LogP contribution in [-0.4, -0.2) is 48.1 Å². The maximum absolute atomic E-state index is 13.0. The summed E-state index contributed by atoms with van der Waals surface area (Å²) in [6.07, 6.45) is 0.688. The van der Waals surface area contributed by atoms with Crippen molar-refractivity contribution in [2.45, 2.75) is 39.3 Å². The van der Waals surface area contributed by atoms with Crippen molar-refractivity contribution in [2.75, 3.05) is 20.3 Å². The van der Waals surface area contributed by atoms with E-state index in [0.717, 1.165) is 11.1 Å². The van der Waals surface area contributed by atoms with E-state index in [9.17, 15) is 14.7 Å². The molecule has 1 unspecified atom stereocenters. The lowest BCUT2D eigenvalue weighted by atomic mass is 9.92. The van der Waals surface area contributed by atoms with Crippen LogP contribution in [-0.2, 0) is 14.3 Å². The molecule has 1 amide bonds. The summed E-state index contributed by atoms with van der Waals surface area (Å²) in [5.74, 6) is -0.827. The first-order chi connectivity index (χ1) is 14.8. The third-order valence-corrected chi connectivity index (χ3v) is 5.38. The topological polar surface area (TPSA) is 76.1 Å². The molecule has 2 aromatic carbocycles. The van der Waals surface area contributed by atoms with Crippen LogP contribution < -0.4 is 4.74 Å². The molecule has 3 rings (SSSR count). The van der Waals surface area contributed by atoms with Crippen LogP contribution in [0.4, 0.5) is 0 Å². The number of aliphatic hydroxyl groups is 1. The molecule has 1 atom stereocenters. The standard InChI is InChI=1S/C25H29NO5/c1-16(2)31-15-7-14-26-22(20-9-6-5-8-17(20)3)21(24(28)25(26)29)23(27)18-10-12-19(30-4)13-11-18/h5-6,8-13,16,22,27H,7,14-15H2,1-4H3/b23-21-. The number of rotatable bonds is 8. The number of ketones is 1. The van der Waals surface area contributed by atoms with Crippen LogP contribution >= 0.6 is 0 Å². The quantitative estimate of drug-likeness (QED) is 0.297. The normalized spacial score (nSPS) is 18.1. The highest BCUT2D eigenvalue weighted by molar-refractivity contribution is 6.46. The Hall–Kier alpha value is -3.12. The minimum Gasteiger partial charge on any atom is -0.507 e. The van der Waals surface area contributed by atoms with Crippen molar-refractivity contribution in [3.05, 3.63) is 70.8 Å². The van der Waals surface area contributed by atoms with E-state index >= 15 is 0 Å². The lowest BCUT2D eigenvalue weighted by Gasteiger charge is -2.26. The second-order valence-electron chi connectivity index (χ2n) is 7.85. The highest BCUT2D eigenvalue weighted by Crippen LogP contribution is 2.40. The largest absolute Gasteiger partial charge is 0.507 e. The Morgan fingerprint density at radius 1 is 1.10 bits per heavy atom. The first-order valence-corrected chi connectivity index (χ1v) is 10.4. The zero-order chi connectivity index (χ0) is 22.5. The zero-order valence-electron chi connectivity index (χ0n) is 18.4. The number of likely N-dealkylation sites (tertiary alicyclic amines) is 1. The van der Waals surface area contributed by atoms with E-state index in [2.05, 4.69) is 0 Å². The number of methoxy groups -OCH3 is 1. The molecule has 1 aliphatic rings. The predicted molar refractivity (Wildman–Crippen MR) is 119 cm³/mol. The van der Waals surface area contributed by atoms with Gasteiger partial charge in [0.1, 0.15) is 11.5 Å². The molecule has 31 heavy (non-hydrogen) atoms. The van der Waals surface area contributed by atoms with E-state index in [1.807, 2.05) is 45.0 Å². The van der Waals surface area contributed by atoms with Crippen molar-refractivity contribution < 1.29 is 24.2 Å². The van der Waals surface area contributed by atoms with Crippen molar-refractivity contribution in [1.29, 1.82) is 0 Å². The van der Waals surface area contributed by atoms with Gasteiger partial charge in [-0.25, -0.2) is 0 Å². The van der Waals surface area contributed by atoms with Gasteiger partial charge >= 0.3 is 0 Å². The van der Waals surface area contributed by atoms with Crippen LogP contribution in [0.2, 0.25) is 0 Å². The number of hydrogen-bond acceptors (Lipinski definition) is 5. The fraction of sp³-hybridized carbons (Fsp3) is 0.360. The lowest BCUT2D eigenvalue weighted by molar-refractivity contribution is -0.140. The summed E-state index contributed by atoms with van der Waals surface area (Å²) in [4.78, 5) is 27.5. The third kappa shape index (κ3) is 4.80. The molecule has 6 heteroatoms. The summed E-state index contributed by atoms with van der Waals surface area (Å²) >= 11 is 0. The Balaban J connectivity index is 2.04. The van der Waals surface area contributed by atoms with Crippen LogP contribution in [0.3, 0.4) is 0 Å². The van der Waals surface area contributed by atoms with Crippen LogP contribution in [0.5, 0.6) is 5.75 Å². The Morgan fingerprint density at radius 2 is 1.77 bits per heavy atom. The monoisotopic (exact) mass is 423 g/mol. The van der Waals surface area contributed by atoms with Gasteiger partial charge in [0.15, 0.2) is 0 Å². The van der Waals surface area contributed by atoms with Crippen molar-refractivity contribution in [2.24, 2.45) is 0 Å². The van der Waals surface area contributed by atoms with Gasteiger partial charge in [0.05, 0.1) is 24.8 Å². The average Bonchev–Trinajstić information content (AvgIpc) is 3.01. The zero-order valence-corrected chi connectivity index (χ0v) is 18.4. The molecule has 1 saturated heterocycles. The number of aliphatic hydroxyl groups excluding tert-OH is 1. The van der Waals surface area contributed by atoms with Crippen LogP contribution in [0, 0.1) is 6.92 Å². The number of aryl methyl sites for hydroxylation is 1. The summed E-state index contributed by atoms with van der Waals surface area (Å²) in [5.41, 5.74) is 2.33. The molecule has 0 spiro atoms. The van der Waals surface area contributed by atoms with E-state index in [0.29, 0.717) is 30.9 Å². The smallest absolute Gasteiger partial charge is 0.295 e. The molecule has 0 aliphatic carbocycles. The van der Waals surface area contributed by atoms with Crippen molar-refractivity contribution in [3.8, 4) is 5.75 Å². The number of carbonyl (C=O) groups is 2. The van der Waals surface area contributed by atoms with E-state index < -0.39 is 17.7 Å². The van der Waals surface area contributed by atoms with E-state index in [4.69, 9.17) is 9.47 Å². The summed E-state index contributed by atoms with van der Waals surface area (Å²) < 4.78 is 10.8. The van der Waals surface area contributed by atoms with Gasteiger partial charge in [0, 0.05) is 18.7 Å². The highest BCUT2D eigenvalue weighted by atomic mass is 16.5. The number of amides is 1. The molecular formula is C25H29NO5. The van der Waals surface area contributed by atoms with Gasteiger partial charge in [-0.3, -0.25) is 9.59 Å². The van der Waals surface area contributed by atoms with Gasteiger partial charge in [0.2, 0.25) is 0 Å². The summed E-state index contributed by atoms with van der Waals surface area (Å²) in [7, 11) is 1.56. The average molecular weight is 424 g/mol. The maximum atomic E-state index is 13.0. The molecular weight excluding hydrogens is 394 g/mol. The predicted octanol–water partition coefficient (Wildman–Crippen LogP) is 4.24. The van der Waals surface area contributed by atoms with Gasteiger partial charge in [-0.2, -0.15) is 0 Å². The van der Waals surface area contributed by atoms with E-state index in [1.165, 1.54) is 0 Å². The molecule has 164 valence electrons. The van der Waals surface area contributed by atoms with Crippen LogP contribution in [0.25, 0.3) is 5.76 Å². The summed E-state index contributed by atoms with van der Waals surface area (Å²) in [5, 5.41) is 11.1. The van der Waals surface area contributed by atoms with Crippen molar-refractivity contribution >= 4 is 17.4 Å². The fourth-order valence-electron chi connectivity index (χ4n) is 3.79. The van der Waals surface area contributed by atoms with Gasteiger partial charge < -0.3 is 19.5 Å². The number of Topliss-reactive ketones (excluding diaryl/α,β-unsaturated/α-hetero) is 1. The lowest BCUT2D eigenvalue weighted by Crippen LogP contribution is -2.31. The summed E-state index contributed by atoms with van der Waals surface area (Å²) in [6, 6.07) is 13.7. The maximum Gasteiger partial charge on any atom is 0.295 e. The summed E-state index contributed by atoms with van der Waals surface area (Å²) in [6.45, 7) is 6.68. The van der Waals surface area contributed by atoms with E-state index in [1.54, 1.807) is 36.3 Å². The van der Waals surface area contributed by atoms with Gasteiger partial charge in [-0.05, 0) is 62.6 Å². The Morgan fingerprint density at radius 3 is 2.39 bits per heavy atom. The molecule has 0 saturated carbocycles. The van der Waals surface area contributed by atoms with Crippen molar-refractivity contribution in [1.82, 2.24) is 4.90 Å².